The van der Waals surface area contributed by atoms with Crippen LogP contribution >= 0.6 is 0 Å². The fourth-order valence-corrected chi connectivity index (χ4v) is 8.79. The zero-order valence-electron chi connectivity index (χ0n) is 20.8. The van der Waals surface area contributed by atoms with E-state index in [4.69, 9.17) is 0 Å². The molecule has 170 valence electrons. The van der Waals surface area contributed by atoms with Crippen LogP contribution in [-0.2, 0) is 0 Å². The maximum Gasteiger partial charge on any atom is 0.0543 e. The van der Waals surface area contributed by atoms with Gasteiger partial charge in [-0.3, -0.25) is 0 Å². The highest BCUT2D eigenvalue weighted by Gasteiger charge is 2.63. The van der Waals surface area contributed by atoms with Crippen molar-refractivity contribution >= 4 is 0 Å². The van der Waals surface area contributed by atoms with Gasteiger partial charge in [0, 0.05) is 0 Å². The third kappa shape index (κ3) is 3.28. The highest BCUT2D eigenvalue weighted by Crippen LogP contribution is 2.71. The van der Waals surface area contributed by atoms with Gasteiger partial charge in [-0.1, -0.05) is 58.4 Å². The normalized spacial score (nSPS) is 47.5. The maximum atomic E-state index is 10.3. The molecule has 0 unspecified atom stereocenters. The van der Waals surface area contributed by atoms with E-state index >= 15 is 0 Å². The van der Waals surface area contributed by atoms with E-state index in [1.807, 2.05) is 5.57 Å². The van der Waals surface area contributed by atoms with Crippen LogP contribution < -0.4 is 0 Å². The van der Waals surface area contributed by atoms with Crippen molar-refractivity contribution in [3.05, 3.63) is 23.8 Å². The molecule has 3 saturated carbocycles. The monoisotopic (exact) mass is 412 g/mol. The molecule has 4 aliphatic carbocycles. The Morgan fingerprint density at radius 1 is 1.07 bits per heavy atom. The van der Waals surface area contributed by atoms with Gasteiger partial charge in [0.2, 0.25) is 0 Å². The third-order valence-electron chi connectivity index (χ3n) is 11.5. The van der Waals surface area contributed by atoms with E-state index in [0.29, 0.717) is 28.1 Å². The van der Waals surface area contributed by atoms with Crippen molar-refractivity contribution in [2.75, 3.05) is 0 Å². The molecular formula is C29H48O. The van der Waals surface area contributed by atoms with Crippen molar-refractivity contribution in [2.24, 2.45) is 45.8 Å². The number of rotatable bonds is 5. The molecular weight excluding hydrogens is 364 g/mol. The number of hydrogen-bond donors (Lipinski definition) is 1. The fraction of sp³-hybridized carbons (Fsp3) is 0.862. The van der Waals surface area contributed by atoms with Gasteiger partial charge in [0.1, 0.15) is 0 Å². The summed E-state index contributed by atoms with van der Waals surface area (Å²) >= 11 is 0. The summed E-state index contributed by atoms with van der Waals surface area (Å²) in [5, 5.41) is 10.3. The molecule has 9 atom stereocenters. The van der Waals surface area contributed by atoms with Gasteiger partial charge in [0.25, 0.3) is 0 Å². The van der Waals surface area contributed by atoms with E-state index in [1.54, 1.807) is 0 Å². The molecule has 0 amide bonds. The zero-order valence-corrected chi connectivity index (χ0v) is 20.8. The standard InChI is InChI=1S/C29H48O/c1-19(2)20(3)8-9-21(4)24-13-16-29(7)26-11-10-22-18-23(30)12-15-27(22,5)25(26)14-17-28(24,29)6/h14,20-24,26,30H,1,8-13,15-18H2,2-7H3/t20-,21+,22-,23-,24+,26+,27-,28+,29-/m0/s1. The van der Waals surface area contributed by atoms with Crippen LogP contribution in [0.2, 0.25) is 0 Å². The Labute approximate surface area is 186 Å². The molecule has 30 heavy (non-hydrogen) atoms. The predicted molar refractivity (Wildman–Crippen MR) is 128 cm³/mol. The largest absolute Gasteiger partial charge is 0.393 e. The van der Waals surface area contributed by atoms with Crippen LogP contribution in [0.15, 0.2) is 23.8 Å². The average molecular weight is 413 g/mol. The Balaban J connectivity index is 1.57. The second-order valence-electron chi connectivity index (χ2n) is 12.8. The smallest absolute Gasteiger partial charge is 0.0543 e. The van der Waals surface area contributed by atoms with Gasteiger partial charge in [-0.2, -0.15) is 0 Å². The summed E-state index contributed by atoms with van der Waals surface area (Å²) < 4.78 is 0. The molecule has 1 heteroatoms. The minimum atomic E-state index is -0.0528. The number of hydrogen-bond acceptors (Lipinski definition) is 1. The van der Waals surface area contributed by atoms with Crippen molar-refractivity contribution in [2.45, 2.75) is 112 Å². The van der Waals surface area contributed by atoms with E-state index in [9.17, 15) is 5.11 Å². The van der Waals surface area contributed by atoms with E-state index < -0.39 is 0 Å². The van der Waals surface area contributed by atoms with Crippen molar-refractivity contribution in [1.82, 2.24) is 0 Å². The summed E-state index contributed by atoms with van der Waals surface area (Å²) in [7, 11) is 0. The van der Waals surface area contributed by atoms with Gasteiger partial charge in [-0.15, -0.1) is 0 Å². The topological polar surface area (TPSA) is 20.2 Å². The zero-order chi connectivity index (χ0) is 21.9. The van der Waals surface area contributed by atoms with Gasteiger partial charge in [0.05, 0.1) is 6.10 Å². The second kappa shape index (κ2) is 7.79. The summed E-state index contributed by atoms with van der Waals surface area (Å²) in [5.41, 5.74) is 4.42. The Kier molecular flexibility index (Phi) is 5.87. The first-order chi connectivity index (χ1) is 14.0. The van der Waals surface area contributed by atoms with E-state index in [0.717, 1.165) is 30.6 Å². The molecule has 0 spiro atoms. The number of fused-ring (bicyclic) bond motifs is 5. The van der Waals surface area contributed by atoms with E-state index in [2.05, 4.69) is 54.2 Å². The molecule has 0 aliphatic heterocycles. The maximum absolute atomic E-state index is 10.3. The predicted octanol–water partition coefficient (Wildman–Crippen LogP) is 7.94. The first-order valence-corrected chi connectivity index (χ1v) is 13.1. The number of aliphatic hydroxyl groups is 1. The van der Waals surface area contributed by atoms with Crippen LogP contribution in [0.1, 0.15) is 106 Å². The first-order valence-electron chi connectivity index (χ1n) is 13.1. The summed E-state index contributed by atoms with van der Waals surface area (Å²) in [4.78, 5) is 0. The minimum Gasteiger partial charge on any atom is -0.393 e. The lowest BCUT2D eigenvalue weighted by Crippen LogP contribution is -2.53. The van der Waals surface area contributed by atoms with Gasteiger partial charge in [-0.25, -0.2) is 0 Å². The van der Waals surface area contributed by atoms with Crippen molar-refractivity contribution in [1.29, 1.82) is 0 Å². The van der Waals surface area contributed by atoms with E-state index in [1.165, 1.54) is 56.9 Å². The molecule has 0 saturated heterocycles. The molecule has 0 aromatic heterocycles. The molecule has 3 fully saturated rings. The highest BCUT2D eigenvalue weighted by atomic mass is 16.3. The number of aliphatic hydroxyl groups excluding tert-OH is 1. The number of allylic oxidation sites excluding steroid dienone is 3. The van der Waals surface area contributed by atoms with Gasteiger partial charge in [0.15, 0.2) is 0 Å². The molecule has 0 heterocycles. The third-order valence-corrected chi connectivity index (χ3v) is 11.5. The molecule has 4 aliphatic rings. The molecule has 1 nitrogen and oxygen atoms in total. The first kappa shape index (κ1) is 22.6. The van der Waals surface area contributed by atoms with Crippen molar-refractivity contribution in [3.8, 4) is 0 Å². The molecule has 1 N–H and O–H groups in total. The Hall–Kier alpha value is -0.560. The van der Waals surface area contributed by atoms with Crippen molar-refractivity contribution in [3.63, 3.8) is 0 Å². The van der Waals surface area contributed by atoms with E-state index in [-0.39, 0.29) is 6.10 Å². The van der Waals surface area contributed by atoms with Crippen LogP contribution in [0.25, 0.3) is 0 Å². The lowest BCUT2D eigenvalue weighted by Gasteiger charge is -2.61. The molecule has 0 bridgehead atoms. The van der Waals surface area contributed by atoms with Gasteiger partial charge < -0.3 is 5.11 Å². The van der Waals surface area contributed by atoms with Crippen LogP contribution in [-0.4, -0.2) is 11.2 Å². The Bertz CT molecular complexity index is 705. The quantitative estimate of drug-likeness (QED) is 0.454. The SMILES string of the molecule is C=C(C)[C@@H](C)CC[C@@H](C)[C@H]1CC[C@@]2(C)[C@@H]3CC[C@H]4C[C@@H](O)CC[C@]4(C)C3=CC[C@]12C. The van der Waals surface area contributed by atoms with Gasteiger partial charge >= 0.3 is 0 Å². The summed E-state index contributed by atoms with van der Waals surface area (Å²) in [5.74, 6) is 3.81. The lowest BCUT2D eigenvalue weighted by molar-refractivity contribution is -0.0561. The summed E-state index contributed by atoms with van der Waals surface area (Å²) in [6.07, 6.45) is 15.4. The summed E-state index contributed by atoms with van der Waals surface area (Å²) in [6.45, 7) is 19.2. The van der Waals surface area contributed by atoms with Crippen LogP contribution in [0.4, 0.5) is 0 Å². The minimum absolute atomic E-state index is 0.0528. The van der Waals surface area contributed by atoms with Crippen LogP contribution in [0, 0.1) is 45.8 Å². The lowest BCUT2D eigenvalue weighted by atomic mass is 9.44. The fourth-order valence-electron chi connectivity index (χ4n) is 8.79. The van der Waals surface area contributed by atoms with Crippen molar-refractivity contribution < 1.29 is 5.11 Å². The van der Waals surface area contributed by atoms with Gasteiger partial charge in [-0.05, 0) is 117 Å². The Morgan fingerprint density at radius 2 is 1.80 bits per heavy atom. The Morgan fingerprint density at radius 3 is 2.50 bits per heavy atom. The average Bonchev–Trinajstić information content (AvgIpc) is 2.97. The highest BCUT2D eigenvalue weighted by molar-refractivity contribution is 5.31. The summed E-state index contributed by atoms with van der Waals surface area (Å²) in [6, 6.07) is 0. The van der Waals surface area contributed by atoms with Crippen LogP contribution in [0.5, 0.6) is 0 Å². The van der Waals surface area contributed by atoms with Crippen LogP contribution in [0.3, 0.4) is 0 Å². The molecule has 4 rings (SSSR count). The second-order valence-corrected chi connectivity index (χ2v) is 12.8. The molecule has 0 aromatic carbocycles. The molecule has 0 aromatic rings. The molecule has 0 radical (unpaired) electrons.